The Labute approximate surface area is 119 Å². The number of carbonyl (C=O) groups is 2. The molecule has 1 saturated carbocycles. The molecule has 0 radical (unpaired) electrons. The molecular formula is C14H24N2O4. The number of likely N-dealkylation sites (tertiary alicyclic amines) is 1. The highest BCUT2D eigenvalue weighted by Crippen LogP contribution is 2.33. The molecule has 1 heterocycles. The van der Waals surface area contributed by atoms with Gasteiger partial charge in [0.1, 0.15) is 6.61 Å². The zero-order valence-corrected chi connectivity index (χ0v) is 12.0. The molecule has 0 spiro atoms. The molecule has 1 atom stereocenters. The fourth-order valence-electron chi connectivity index (χ4n) is 2.63. The van der Waals surface area contributed by atoms with Gasteiger partial charge in [0.05, 0.1) is 6.10 Å². The molecule has 6 nitrogen and oxygen atoms in total. The summed E-state index contributed by atoms with van der Waals surface area (Å²) in [6.45, 7) is 3.06. The highest BCUT2D eigenvalue weighted by atomic mass is 16.5. The summed E-state index contributed by atoms with van der Waals surface area (Å²) in [6, 6.07) is 0.228. The van der Waals surface area contributed by atoms with Crippen molar-refractivity contribution in [2.75, 3.05) is 19.7 Å². The van der Waals surface area contributed by atoms with Gasteiger partial charge in [0, 0.05) is 19.1 Å². The van der Waals surface area contributed by atoms with Crippen LogP contribution in [0.1, 0.15) is 39.0 Å². The average molecular weight is 284 g/mol. The number of ether oxygens (including phenoxy) is 1. The van der Waals surface area contributed by atoms with Crippen LogP contribution in [0.25, 0.3) is 0 Å². The van der Waals surface area contributed by atoms with Gasteiger partial charge in [0.2, 0.25) is 0 Å². The van der Waals surface area contributed by atoms with Gasteiger partial charge in [-0.05, 0) is 32.1 Å². The summed E-state index contributed by atoms with van der Waals surface area (Å²) in [6.07, 6.45) is 5.04. The topological polar surface area (TPSA) is 78.9 Å². The third kappa shape index (κ3) is 5.00. The highest BCUT2D eigenvalue weighted by molar-refractivity contribution is 5.74. The number of rotatable bonds is 6. The lowest BCUT2D eigenvalue weighted by molar-refractivity contribution is -0.145. The van der Waals surface area contributed by atoms with E-state index in [0.29, 0.717) is 25.9 Å². The Kier molecular flexibility index (Phi) is 5.23. The van der Waals surface area contributed by atoms with Crippen molar-refractivity contribution in [3.63, 3.8) is 0 Å². The fraction of sp³-hybridized carbons (Fsp3) is 0.857. The number of carboxylic acids is 1. The van der Waals surface area contributed by atoms with Crippen LogP contribution in [0.4, 0.5) is 4.79 Å². The van der Waals surface area contributed by atoms with Crippen molar-refractivity contribution in [2.24, 2.45) is 5.92 Å². The molecular weight excluding hydrogens is 260 g/mol. The first-order chi connectivity index (χ1) is 9.54. The van der Waals surface area contributed by atoms with Gasteiger partial charge in [-0.15, -0.1) is 0 Å². The van der Waals surface area contributed by atoms with Crippen molar-refractivity contribution in [2.45, 2.75) is 51.2 Å². The molecule has 0 aromatic carbocycles. The largest absolute Gasteiger partial charge is 0.480 e. The SMILES string of the molecule is CC(CC1CC1)NC(=O)N1CCC(OCC(=O)O)CC1. The van der Waals surface area contributed by atoms with E-state index < -0.39 is 5.97 Å². The van der Waals surface area contributed by atoms with E-state index in [-0.39, 0.29) is 24.8 Å². The van der Waals surface area contributed by atoms with Crippen molar-refractivity contribution in [3.05, 3.63) is 0 Å². The van der Waals surface area contributed by atoms with Gasteiger partial charge >= 0.3 is 12.0 Å². The van der Waals surface area contributed by atoms with E-state index in [0.717, 1.165) is 12.3 Å². The molecule has 0 bridgehead atoms. The summed E-state index contributed by atoms with van der Waals surface area (Å²) < 4.78 is 5.26. The molecule has 2 fully saturated rings. The maximum absolute atomic E-state index is 12.1. The Morgan fingerprint density at radius 2 is 1.95 bits per heavy atom. The second-order valence-corrected chi connectivity index (χ2v) is 5.92. The standard InChI is InChI=1S/C14H24N2O4/c1-10(8-11-2-3-11)15-14(19)16-6-4-12(5-7-16)20-9-13(17)18/h10-12H,2-9H2,1H3,(H,15,19)(H,17,18). The predicted molar refractivity (Wildman–Crippen MR) is 73.5 cm³/mol. The molecule has 2 N–H and O–H groups in total. The molecule has 0 aromatic heterocycles. The number of carboxylic acid groups (broad SMARTS) is 1. The third-order valence-corrected chi connectivity index (χ3v) is 3.93. The van der Waals surface area contributed by atoms with Crippen LogP contribution in [-0.2, 0) is 9.53 Å². The number of carbonyl (C=O) groups excluding carboxylic acids is 1. The molecule has 1 aliphatic carbocycles. The molecule has 1 unspecified atom stereocenters. The molecule has 0 aromatic rings. The number of nitrogens with zero attached hydrogens (tertiary/aromatic N) is 1. The molecule has 2 amide bonds. The maximum atomic E-state index is 12.1. The molecule has 6 heteroatoms. The van der Waals surface area contributed by atoms with Gasteiger partial charge in [-0.3, -0.25) is 0 Å². The number of piperidine rings is 1. The molecule has 114 valence electrons. The quantitative estimate of drug-likeness (QED) is 0.774. The summed E-state index contributed by atoms with van der Waals surface area (Å²) in [7, 11) is 0. The van der Waals surface area contributed by atoms with Crippen molar-refractivity contribution in [1.82, 2.24) is 10.2 Å². The Morgan fingerprint density at radius 1 is 1.30 bits per heavy atom. The van der Waals surface area contributed by atoms with Crippen molar-refractivity contribution in [1.29, 1.82) is 0 Å². The number of hydrogen-bond acceptors (Lipinski definition) is 3. The first-order valence-electron chi connectivity index (χ1n) is 7.43. The number of urea groups is 1. The van der Waals surface area contributed by atoms with Gasteiger partial charge in [-0.25, -0.2) is 9.59 Å². The Hall–Kier alpha value is -1.30. The normalized spacial score (nSPS) is 21.6. The zero-order chi connectivity index (χ0) is 14.5. The Bertz CT molecular complexity index is 349. The minimum absolute atomic E-state index is 0.00478. The van der Waals surface area contributed by atoms with Crippen LogP contribution in [0.5, 0.6) is 0 Å². The summed E-state index contributed by atoms with van der Waals surface area (Å²) in [5.41, 5.74) is 0. The minimum atomic E-state index is -0.945. The van der Waals surface area contributed by atoms with Gasteiger partial charge < -0.3 is 20.1 Å². The van der Waals surface area contributed by atoms with Crippen molar-refractivity contribution >= 4 is 12.0 Å². The van der Waals surface area contributed by atoms with Gasteiger partial charge in [0.15, 0.2) is 0 Å². The lowest BCUT2D eigenvalue weighted by Gasteiger charge is -2.32. The van der Waals surface area contributed by atoms with E-state index in [4.69, 9.17) is 9.84 Å². The highest BCUT2D eigenvalue weighted by Gasteiger charge is 2.27. The van der Waals surface area contributed by atoms with E-state index in [2.05, 4.69) is 12.2 Å². The average Bonchev–Trinajstić information content (AvgIpc) is 3.20. The van der Waals surface area contributed by atoms with Crippen LogP contribution in [0.3, 0.4) is 0 Å². The fourth-order valence-corrected chi connectivity index (χ4v) is 2.63. The summed E-state index contributed by atoms with van der Waals surface area (Å²) in [4.78, 5) is 24.3. The first kappa shape index (κ1) is 15.1. The number of nitrogens with one attached hydrogen (secondary N) is 1. The Morgan fingerprint density at radius 3 is 2.50 bits per heavy atom. The lowest BCUT2D eigenvalue weighted by Crippen LogP contribution is -2.48. The lowest BCUT2D eigenvalue weighted by atomic mass is 10.1. The number of aliphatic carboxylic acids is 1. The second kappa shape index (κ2) is 6.92. The summed E-state index contributed by atoms with van der Waals surface area (Å²) >= 11 is 0. The van der Waals surface area contributed by atoms with Crippen LogP contribution in [0, 0.1) is 5.92 Å². The van der Waals surface area contributed by atoms with E-state index >= 15 is 0 Å². The number of hydrogen-bond donors (Lipinski definition) is 2. The third-order valence-electron chi connectivity index (χ3n) is 3.93. The van der Waals surface area contributed by atoms with Crippen LogP contribution in [-0.4, -0.2) is 53.8 Å². The molecule has 20 heavy (non-hydrogen) atoms. The van der Waals surface area contributed by atoms with Crippen molar-refractivity contribution < 1.29 is 19.4 Å². The van der Waals surface area contributed by atoms with E-state index in [1.165, 1.54) is 12.8 Å². The predicted octanol–water partition coefficient (Wildman–Crippen LogP) is 1.45. The van der Waals surface area contributed by atoms with Gasteiger partial charge in [-0.2, -0.15) is 0 Å². The van der Waals surface area contributed by atoms with Gasteiger partial charge in [0.25, 0.3) is 0 Å². The van der Waals surface area contributed by atoms with Crippen LogP contribution in [0.2, 0.25) is 0 Å². The minimum Gasteiger partial charge on any atom is -0.480 e. The smallest absolute Gasteiger partial charge is 0.329 e. The maximum Gasteiger partial charge on any atom is 0.329 e. The molecule has 1 saturated heterocycles. The Balaban J connectivity index is 1.64. The summed E-state index contributed by atoms with van der Waals surface area (Å²) in [5, 5.41) is 11.6. The molecule has 2 rings (SSSR count). The van der Waals surface area contributed by atoms with E-state index in [9.17, 15) is 9.59 Å². The van der Waals surface area contributed by atoms with E-state index in [1.807, 2.05) is 0 Å². The van der Waals surface area contributed by atoms with Crippen LogP contribution < -0.4 is 5.32 Å². The second-order valence-electron chi connectivity index (χ2n) is 5.92. The number of amides is 2. The van der Waals surface area contributed by atoms with Crippen LogP contribution in [0.15, 0.2) is 0 Å². The molecule has 2 aliphatic rings. The molecule has 1 aliphatic heterocycles. The summed E-state index contributed by atoms with van der Waals surface area (Å²) in [5.74, 6) is -0.139. The van der Waals surface area contributed by atoms with Crippen LogP contribution >= 0.6 is 0 Å². The zero-order valence-electron chi connectivity index (χ0n) is 12.0. The van der Waals surface area contributed by atoms with Gasteiger partial charge in [-0.1, -0.05) is 12.8 Å². The van der Waals surface area contributed by atoms with Crippen molar-refractivity contribution in [3.8, 4) is 0 Å². The monoisotopic (exact) mass is 284 g/mol. The first-order valence-corrected chi connectivity index (χ1v) is 7.43. The van der Waals surface area contributed by atoms with E-state index in [1.54, 1.807) is 4.90 Å².